The van der Waals surface area contributed by atoms with E-state index in [4.69, 9.17) is 9.84 Å². The number of carbonyl (C=O) groups is 2. The Labute approximate surface area is 210 Å². The molecule has 2 fully saturated rings. The highest BCUT2D eigenvalue weighted by molar-refractivity contribution is 5.88. The third-order valence-electron chi connectivity index (χ3n) is 6.09. The standard InChI is InChI=1S/C18H24N8O4.C5H11N/c1-3-30-15-10-20-14(9-21-15)23-17(27)25(2)12-5-4-8-26(11-12)16-19-7-6-13(22-16)24-18(28)29;1-6-5-3-2-4-5/h6-7,9-10,12H,3-5,8,11H2,1-2H3,(H,28,29)(H,19,22,24)(H,20,23,27);5-6H,2-4H2,1H3. The highest BCUT2D eigenvalue weighted by Crippen LogP contribution is 2.21. The van der Waals surface area contributed by atoms with Crippen LogP contribution in [0.15, 0.2) is 24.7 Å². The molecule has 36 heavy (non-hydrogen) atoms. The maximum absolute atomic E-state index is 12.6. The Morgan fingerprint density at radius 2 is 1.94 bits per heavy atom. The van der Waals surface area contributed by atoms with E-state index in [9.17, 15) is 9.59 Å². The van der Waals surface area contributed by atoms with Gasteiger partial charge in [0.15, 0.2) is 5.82 Å². The van der Waals surface area contributed by atoms with E-state index in [0.29, 0.717) is 37.3 Å². The Kier molecular flexibility index (Phi) is 9.98. The molecule has 1 atom stereocenters. The zero-order valence-corrected chi connectivity index (χ0v) is 21.0. The lowest BCUT2D eigenvalue weighted by atomic mass is 9.94. The van der Waals surface area contributed by atoms with E-state index in [0.717, 1.165) is 18.9 Å². The van der Waals surface area contributed by atoms with Crippen LogP contribution in [0.3, 0.4) is 0 Å². The third kappa shape index (κ3) is 7.90. The number of carbonyl (C=O) groups excluding carboxylic acids is 1. The summed E-state index contributed by atoms with van der Waals surface area (Å²) in [4.78, 5) is 43.7. The molecule has 1 aliphatic carbocycles. The molecule has 13 heteroatoms. The summed E-state index contributed by atoms with van der Waals surface area (Å²) in [6, 6.07) is 1.97. The number of nitrogens with zero attached hydrogens (tertiary/aromatic N) is 6. The van der Waals surface area contributed by atoms with Gasteiger partial charge in [0.2, 0.25) is 11.8 Å². The second-order valence-corrected chi connectivity index (χ2v) is 8.54. The SMILES string of the molecule is CCOc1cnc(NC(=O)N(C)C2CCCN(c3nccc(NC(=O)O)n3)C2)cn1.CNC1CCC1. The van der Waals surface area contributed by atoms with E-state index in [1.54, 1.807) is 11.9 Å². The fourth-order valence-electron chi connectivity index (χ4n) is 3.80. The van der Waals surface area contributed by atoms with Crippen LogP contribution in [-0.4, -0.2) is 87.9 Å². The summed E-state index contributed by atoms with van der Waals surface area (Å²) < 4.78 is 5.24. The van der Waals surface area contributed by atoms with E-state index in [2.05, 4.69) is 35.9 Å². The van der Waals surface area contributed by atoms with Gasteiger partial charge in [0.25, 0.3) is 0 Å². The van der Waals surface area contributed by atoms with E-state index in [1.165, 1.54) is 43.9 Å². The van der Waals surface area contributed by atoms with Crippen molar-refractivity contribution in [2.45, 2.75) is 51.1 Å². The Balaban J connectivity index is 0.000000526. The molecule has 1 saturated heterocycles. The summed E-state index contributed by atoms with van der Waals surface area (Å²) in [6.07, 6.45) is 9.10. The van der Waals surface area contributed by atoms with E-state index in [1.807, 2.05) is 18.9 Å². The van der Waals surface area contributed by atoms with Crippen LogP contribution < -0.4 is 25.6 Å². The van der Waals surface area contributed by atoms with E-state index in [-0.39, 0.29) is 17.9 Å². The molecule has 0 bridgehead atoms. The molecule has 4 rings (SSSR count). The van der Waals surface area contributed by atoms with Crippen molar-refractivity contribution in [1.29, 1.82) is 0 Å². The van der Waals surface area contributed by atoms with Crippen molar-refractivity contribution in [2.75, 3.05) is 49.3 Å². The summed E-state index contributed by atoms with van der Waals surface area (Å²) in [5.41, 5.74) is 0. The third-order valence-corrected chi connectivity index (χ3v) is 6.09. The molecule has 0 aromatic carbocycles. The maximum Gasteiger partial charge on any atom is 0.410 e. The van der Waals surface area contributed by atoms with E-state index < -0.39 is 6.09 Å². The lowest BCUT2D eigenvalue weighted by Crippen LogP contribution is -2.50. The van der Waals surface area contributed by atoms with Crippen LogP contribution in [-0.2, 0) is 0 Å². The van der Waals surface area contributed by atoms with Gasteiger partial charge in [-0.2, -0.15) is 4.98 Å². The molecule has 3 amide bonds. The number of anilines is 3. The molecular formula is C23H35N9O4. The number of ether oxygens (including phenoxy) is 1. The average Bonchev–Trinajstić information content (AvgIpc) is 2.84. The number of carboxylic acid groups (broad SMARTS) is 1. The number of hydrogen-bond donors (Lipinski definition) is 4. The summed E-state index contributed by atoms with van der Waals surface area (Å²) in [7, 11) is 3.75. The number of likely N-dealkylation sites (N-methyl/N-ethyl adjacent to an activating group) is 1. The minimum absolute atomic E-state index is 0.0749. The molecule has 0 radical (unpaired) electrons. The molecular weight excluding hydrogens is 466 g/mol. The van der Waals surface area contributed by atoms with Crippen LogP contribution in [0.1, 0.15) is 39.0 Å². The number of piperidine rings is 1. The minimum Gasteiger partial charge on any atom is -0.477 e. The fraction of sp³-hybridized carbons (Fsp3) is 0.565. The van der Waals surface area contributed by atoms with Crippen molar-refractivity contribution in [2.24, 2.45) is 0 Å². The first kappa shape index (κ1) is 26.9. The predicted molar refractivity (Wildman–Crippen MR) is 136 cm³/mol. The molecule has 3 heterocycles. The van der Waals surface area contributed by atoms with Gasteiger partial charge in [0, 0.05) is 32.4 Å². The van der Waals surface area contributed by atoms with Crippen molar-refractivity contribution in [1.82, 2.24) is 30.2 Å². The number of amides is 3. The van der Waals surface area contributed by atoms with Crippen LogP contribution in [0, 0.1) is 0 Å². The number of aromatic nitrogens is 4. The number of urea groups is 1. The highest BCUT2D eigenvalue weighted by Gasteiger charge is 2.28. The molecule has 4 N–H and O–H groups in total. The van der Waals surface area contributed by atoms with Crippen LogP contribution in [0.5, 0.6) is 5.88 Å². The van der Waals surface area contributed by atoms with Crippen LogP contribution >= 0.6 is 0 Å². The zero-order valence-electron chi connectivity index (χ0n) is 21.0. The molecule has 1 aliphatic heterocycles. The normalized spacial score (nSPS) is 17.2. The summed E-state index contributed by atoms with van der Waals surface area (Å²) in [5, 5.41) is 17.0. The summed E-state index contributed by atoms with van der Waals surface area (Å²) >= 11 is 0. The van der Waals surface area contributed by atoms with Gasteiger partial charge < -0.3 is 25.0 Å². The molecule has 0 spiro atoms. The quantitative estimate of drug-likeness (QED) is 0.444. The first-order chi connectivity index (χ1) is 17.4. The minimum atomic E-state index is -1.19. The molecule has 1 unspecified atom stereocenters. The topological polar surface area (TPSA) is 158 Å². The van der Waals surface area contributed by atoms with Gasteiger partial charge in [0.05, 0.1) is 25.0 Å². The van der Waals surface area contributed by atoms with Gasteiger partial charge in [-0.05, 0) is 45.7 Å². The predicted octanol–water partition coefficient (Wildman–Crippen LogP) is 2.65. The Hall–Kier alpha value is -3.74. The van der Waals surface area contributed by atoms with Crippen LogP contribution in [0.25, 0.3) is 0 Å². The lowest BCUT2D eigenvalue weighted by molar-refractivity contribution is 0.195. The smallest absolute Gasteiger partial charge is 0.410 e. The van der Waals surface area contributed by atoms with Crippen molar-refractivity contribution < 1.29 is 19.4 Å². The molecule has 2 aromatic rings. The van der Waals surface area contributed by atoms with E-state index >= 15 is 0 Å². The number of hydrogen-bond acceptors (Lipinski definition) is 9. The first-order valence-corrected chi connectivity index (χ1v) is 12.1. The molecule has 1 saturated carbocycles. The summed E-state index contributed by atoms with van der Waals surface area (Å²) in [5.74, 6) is 1.34. The van der Waals surface area contributed by atoms with Gasteiger partial charge >= 0.3 is 12.1 Å². The Bertz CT molecular complexity index is 985. The molecule has 2 aliphatic rings. The van der Waals surface area contributed by atoms with Crippen molar-refractivity contribution in [3.8, 4) is 5.88 Å². The largest absolute Gasteiger partial charge is 0.477 e. The maximum atomic E-state index is 12.6. The Morgan fingerprint density at radius 1 is 1.14 bits per heavy atom. The second-order valence-electron chi connectivity index (χ2n) is 8.54. The highest BCUT2D eigenvalue weighted by atomic mass is 16.5. The van der Waals surface area contributed by atoms with Gasteiger partial charge in [-0.25, -0.2) is 24.5 Å². The molecule has 2 aromatic heterocycles. The van der Waals surface area contributed by atoms with Gasteiger partial charge in [-0.1, -0.05) is 6.42 Å². The van der Waals surface area contributed by atoms with Gasteiger partial charge in [-0.3, -0.25) is 10.6 Å². The Morgan fingerprint density at radius 3 is 2.53 bits per heavy atom. The van der Waals surface area contributed by atoms with Crippen LogP contribution in [0.2, 0.25) is 0 Å². The van der Waals surface area contributed by atoms with Crippen molar-refractivity contribution >= 4 is 29.7 Å². The lowest BCUT2D eigenvalue weighted by Gasteiger charge is -2.37. The van der Waals surface area contributed by atoms with Crippen molar-refractivity contribution in [3.63, 3.8) is 0 Å². The second kappa shape index (κ2) is 13.4. The monoisotopic (exact) mass is 501 g/mol. The molecule has 196 valence electrons. The summed E-state index contributed by atoms with van der Waals surface area (Å²) in [6.45, 7) is 3.58. The number of rotatable bonds is 7. The zero-order chi connectivity index (χ0) is 25.9. The van der Waals surface area contributed by atoms with Crippen LogP contribution in [0.4, 0.5) is 27.2 Å². The van der Waals surface area contributed by atoms with Crippen molar-refractivity contribution in [3.05, 3.63) is 24.7 Å². The number of nitrogens with one attached hydrogen (secondary N) is 3. The fourth-order valence-corrected chi connectivity index (χ4v) is 3.80. The average molecular weight is 502 g/mol. The first-order valence-electron chi connectivity index (χ1n) is 12.1. The molecule has 13 nitrogen and oxygen atoms in total. The van der Waals surface area contributed by atoms with Gasteiger partial charge in [0.1, 0.15) is 5.82 Å². The van der Waals surface area contributed by atoms with Gasteiger partial charge in [-0.15, -0.1) is 0 Å².